The van der Waals surface area contributed by atoms with E-state index in [1.807, 2.05) is 6.92 Å². The van der Waals surface area contributed by atoms with Gasteiger partial charge in [0, 0.05) is 12.6 Å². The molecule has 0 saturated heterocycles. The van der Waals surface area contributed by atoms with E-state index in [0.29, 0.717) is 12.2 Å². The molecule has 2 N–H and O–H groups in total. The van der Waals surface area contributed by atoms with Gasteiger partial charge in [0.1, 0.15) is 0 Å². The van der Waals surface area contributed by atoms with Gasteiger partial charge in [-0.1, -0.05) is 0 Å². The lowest BCUT2D eigenvalue weighted by atomic mass is 10.5. The molecule has 0 radical (unpaired) electrons. The smallest absolute Gasteiger partial charge is 0.268 e. The molecule has 0 saturated carbocycles. The Morgan fingerprint density at radius 2 is 2.50 bits per heavy atom. The Balaban J connectivity index is 3.20. The van der Waals surface area contributed by atoms with Gasteiger partial charge in [0.2, 0.25) is 0 Å². The highest BCUT2D eigenvalue weighted by molar-refractivity contribution is 5.31. The van der Waals surface area contributed by atoms with Gasteiger partial charge in [0.15, 0.2) is 0 Å². The maximum absolute atomic E-state index is 10.9. The SMILES string of the molecule is CCn1ncc(N)cc1=O. The minimum absolute atomic E-state index is 0.150. The highest BCUT2D eigenvalue weighted by Gasteiger charge is 1.92. The van der Waals surface area contributed by atoms with Crippen molar-refractivity contribution in [2.75, 3.05) is 5.73 Å². The zero-order valence-corrected chi connectivity index (χ0v) is 5.74. The Hall–Kier alpha value is -1.32. The summed E-state index contributed by atoms with van der Waals surface area (Å²) in [7, 11) is 0. The van der Waals surface area contributed by atoms with Crippen LogP contribution >= 0.6 is 0 Å². The molecule has 0 amide bonds. The number of aromatic nitrogens is 2. The molecule has 4 heteroatoms. The summed E-state index contributed by atoms with van der Waals surface area (Å²) < 4.78 is 1.34. The van der Waals surface area contributed by atoms with Gasteiger partial charge >= 0.3 is 0 Å². The molecular weight excluding hydrogens is 130 g/mol. The molecular formula is C6H9N3O. The molecule has 1 heterocycles. The number of hydrogen-bond acceptors (Lipinski definition) is 3. The van der Waals surface area contributed by atoms with Crippen molar-refractivity contribution >= 4 is 5.69 Å². The first-order valence-corrected chi connectivity index (χ1v) is 3.06. The quantitative estimate of drug-likeness (QED) is 0.588. The van der Waals surface area contributed by atoms with E-state index < -0.39 is 0 Å². The molecule has 0 aliphatic carbocycles. The highest BCUT2D eigenvalue weighted by Crippen LogP contribution is 1.88. The number of nitrogens with two attached hydrogens (primary N) is 1. The van der Waals surface area contributed by atoms with Crippen molar-refractivity contribution < 1.29 is 0 Å². The van der Waals surface area contributed by atoms with Crippen LogP contribution in [0.5, 0.6) is 0 Å². The van der Waals surface area contributed by atoms with Gasteiger partial charge < -0.3 is 5.73 Å². The first kappa shape index (κ1) is 6.80. The van der Waals surface area contributed by atoms with E-state index in [2.05, 4.69) is 5.10 Å². The minimum atomic E-state index is -0.150. The fraction of sp³-hybridized carbons (Fsp3) is 0.333. The largest absolute Gasteiger partial charge is 0.397 e. The molecule has 10 heavy (non-hydrogen) atoms. The Morgan fingerprint density at radius 3 is 3.00 bits per heavy atom. The summed E-state index contributed by atoms with van der Waals surface area (Å²) in [6.07, 6.45) is 1.46. The van der Waals surface area contributed by atoms with Crippen LogP contribution in [0.15, 0.2) is 17.1 Å². The van der Waals surface area contributed by atoms with Crippen LogP contribution in [0.1, 0.15) is 6.92 Å². The number of anilines is 1. The summed E-state index contributed by atoms with van der Waals surface area (Å²) in [5.74, 6) is 0. The maximum Gasteiger partial charge on any atom is 0.268 e. The van der Waals surface area contributed by atoms with Gasteiger partial charge in [0.05, 0.1) is 11.9 Å². The molecule has 1 aromatic heterocycles. The van der Waals surface area contributed by atoms with E-state index in [1.54, 1.807) is 0 Å². The first-order valence-electron chi connectivity index (χ1n) is 3.06. The van der Waals surface area contributed by atoms with Gasteiger partial charge in [-0.05, 0) is 6.92 Å². The number of nitrogen functional groups attached to an aromatic ring is 1. The van der Waals surface area contributed by atoms with Crippen molar-refractivity contribution in [1.82, 2.24) is 9.78 Å². The fourth-order valence-electron chi connectivity index (χ4n) is 0.685. The van der Waals surface area contributed by atoms with E-state index in [9.17, 15) is 4.79 Å². The van der Waals surface area contributed by atoms with E-state index in [-0.39, 0.29) is 5.56 Å². The predicted octanol–water partition coefficient (Wildman–Crippen LogP) is -0.155. The molecule has 0 unspecified atom stereocenters. The lowest BCUT2D eigenvalue weighted by molar-refractivity contribution is 0.616. The highest BCUT2D eigenvalue weighted by atomic mass is 16.1. The zero-order valence-electron chi connectivity index (χ0n) is 5.74. The van der Waals surface area contributed by atoms with Crippen LogP contribution in [0, 0.1) is 0 Å². The molecule has 0 spiro atoms. The van der Waals surface area contributed by atoms with Crippen molar-refractivity contribution in [3.05, 3.63) is 22.6 Å². The van der Waals surface area contributed by atoms with Crippen LogP contribution < -0.4 is 11.3 Å². The predicted molar refractivity (Wildman–Crippen MR) is 38.6 cm³/mol. The van der Waals surface area contributed by atoms with Gasteiger partial charge in [-0.25, -0.2) is 4.68 Å². The summed E-state index contributed by atoms with van der Waals surface area (Å²) in [6, 6.07) is 1.36. The molecule has 0 fully saturated rings. The summed E-state index contributed by atoms with van der Waals surface area (Å²) in [6.45, 7) is 2.43. The summed E-state index contributed by atoms with van der Waals surface area (Å²) >= 11 is 0. The molecule has 1 aromatic rings. The topological polar surface area (TPSA) is 60.9 Å². The van der Waals surface area contributed by atoms with Crippen LogP contribution in [-0.4, -0.2) is 9.78 Å². The Labute approximate surface area is 58.3 Å². The lowest BCUT2D eigenvalue weighted by Gasteiger charge is -1.97. The second-order valence-corrected chi connectivity index (χ2v) is 1.94. The van der Waals surface area contributed by atoms with Crippen LogP contribution in [-0.2, 0) is 6.54 Å². The van der Waals surface area contributed by atoms with E-state index in [4.69, 9.17) is 5.73 Å². The second-order valence-electron chi connectivity index (χ2n) is 1.94. The summed E-state index contributed by atoms with van der Waals surface area (Å²) in [5.41, 5.74) is 5.57. The van der Waals surface area contributed by atoms with Crippen molar-refractivity contribution in [3.63, 3.8) is 0 Å². The van der Waals surface area contributed by atoms with Gasteiger partial charge in [-0.3, -0.25) is 4.79 Å². The molecule has 0 aliphatic heterocycles. The Kier molecular flexibility index (Phi) is 1.71. The number of rotatable bonds is 1. The molecule has 0 bridgehead atoms. The third-order valence-corrected chi connectivity index (χ3v) is 1.19. The van der Waals surface area contributed by atoms with Crippen molar-refractivity contribution in [1.29, 1.82) is 0 Å². The average molecular weight is 139 g/mol. The monoisotopic (exact) mass is 139 g/mol. The summed E-state index contributed by atoms with van der Waals surface area (Å²) in [5, 5.41) is 3.78. The van der Waals surface area contributed by atoms with Gasteiger partial charge in [-0.2, -0.15) is 5.10 Å². The van der Waals surface area contributed by atoms with Crippen LogP contribution in [0.4, 0.5) is 5.69 Å². The summed E-state index contributed by atoms with van der Waals surface area (Å²) in [4.78, 5) is 10.9. The standard InChI is InChI=1S/C6H9N3O/c1-2-9-6(10)3-5(7)4-8-9/h3-4H,2,7H2,1H3. The molecule has 0 atom stereocenters. The van der Waals surface area contributed by atoms with E-state index >= 15 is 0 Å². The minimum Gasteiger partial charge on any atom is -0.397 e. The van der Waals surface area contributed by atoms with Gasteiger partial charge in [0.25, 0.3) is 5.56 Å². The lowest BCUT2D eigenvalue weighted by Crippen LogP contribution is -2.21. The zero-order chi connectivity index (χ0) is 7.56. The average Bonchev–Trinajstić information content (AvgIpc) is 1.88. The molecule has 1 rings (SSSR count). The van der Waals surface area contributed by atoms with Crippen LogP contribution in [0.2, 0.25) is 0 Å². The number of hydrogen-bond donors (Lipinski definition) is 1. The Morgan fingerprint density at radius 1 is 1.80 bits per heavy atom. The second kappa shape index (κ2) is 2.51. The fourth-order valence-corrected chi connectivity index (χ4v) is 0.685. The number of aryl methyl sites for hydroxylation is 1. The molecule has 0 aliphatic rings. The van der Waals surface area contributed by atoms with Crippen molar-refractivity contribution in [3.8, 4) is 0 Å². The Bertz CT molecular complexity index is 279. The van der Waals surface area contributed by atoms with Crippen molar-refractivity contribution in [2.24, 2.45) is 0 Å². The normalized spacial score (nSPS) is 9.70. The third-order valence-electron chi connectivity index (χ3n) is 1.19. The van der Waals surface area contributed by atoms with Crippen LogP contribution in [0.25, 0.3) is 0 Å². The maximum atomic E-state index is 10.9. The molecule has 54 valence electrons. The molecule has 0 aromatic carbocycles. The van der Waals surface area contributed by atoms with E-state index in [1.165, 1.54) is 16.9 Å². The van der Waals surface area contributed by atoms with Gasteiger partial charge in [-0.15, -0.1) is 0 Å². The molecule has 4 nitrogen and oxygen atoms in total. The van der Waals surface area contributed by atoms with Crippen molar-refractivity contribution in [2.45, 2.75) is 13.5 Å². The van der Waals surface area contributed by atoms with E-state index in [0.717, 1.165) is 0 Å². The third kappa shape index (κ3) is 1.15. The first-order chi connectivity index (χ1) is 4.74. The number of nitrogens with zero attached hydrogens (tertiary/aromatic N) is 2. The van der Waals surface area contributed by atoms with Crippen LogP contribution in [0.3, 0.4) is 0 Å².